The summed E-state index contributed by atoms with van der Waals surface area (Å²) < 4.78 is 32.8. The number of rotatable bonds is 40. The van der Waals surface area contributed by atoms with Crippen molar-refractivity contribution >= 4 is 19.8 Å². The fourth-order valence-corrected chi connectivity index (χ4v) is 6.44. The van der Waals surface area contributed by atoms with Gasteiger partial charge in [0, 0.05) is 19.4 Å². The molecule has 2 atom stereocenters. The molecule has 0 aromatic heterocycles. The number of allylic oxidation sites excluding steroid dienone is 10. The zero-order valence-corrected chi connectivity index (χ0v) is 35.8. The lowest BCUT2D eigenvalue weighted by molar-refractivity contribution is -0.161. The van der Waals surface area contributed by atoms with E-state index in [1.165, 1.54) is 57.8 Å². The summed E-state index contributed by atoms with van der Waals surface area (Å²) in [4.78, 5) is 34.9. The van der Waals surface area contributed by atoms with Crippen LogP contribution < -0.4 is 5.73 Å². The normalized spacial score (nSPS) is 13.9. The van der Waals surface area contributed by atoms with Crippen molar-refractivity contribution in [3.63, 3.8) is 0 Å². The van der Waals surface area contributed by atoms with Crippen molar-refractivity contribution in [3.8, 4) is 0 Å². The van der Waals surface area contributed by atoms with Gasteiger partial charge in [0.2, 0.25) is 0 Å². The van der Waals surface area contributed by atoms with Gasteiger partial charge in [0.25, 0.3) is 0 Å². The molecule has 10 heteroatoms. The number of ether oxygens (including phenoxy) is 2. The van der Waals surface area contributed by atoms with Gasteiger partial charge < -0.3 is 20.1 Å². The summed E-state index contributed by atoms with van der Waals surface area (Å²) >= 11 is 0. The Bertz CT molecular complexity index is 1090. The molecule has 55 heavy (non-hydrogen) atoms. The van der Waals surface area contributed by atoms with Crippen LogP contribution in [0.2, 0.25) is 0 Å². The van der Waals surface area contributed by atoms with Crippen molar-refractivity contribution in [2.24, 2.45) is 5.73 Å². The summed E-state index contributed by atoms with van der Waals surface area (Å²) in [5, 5.41) is 0. The molecular weight excluding hydrogens is 713 g/mol. The smallest absolute Gasteiger partial charge is 0.462 e. The number of carbonyl (C=O) groups is 2. The van der Waals surface area contributed by atoms with Crippen LogP contribution >= 0.6 is 7.82 Å². The van der Waals surface area contributed by atoms with Crippen LogP contribution in [0.5, 0.6) is 0 Å². The summed E-state index contributed by atoms with van der Waals surface area (Å²) in [5.74, 6) is -0.856. The maximum atomic E-state index is 12.6. The first-order valence-corrected chi connectivity index (χ1v) is 23.3. The standard InChI is InChI=1S/C45H80NO8P/c1-3-5-7-9-11-13-15-17-19-20-21-22-24-25-27-29-31-33-35-37-44(47)51-41-43(42-53-55(49,50)52-40-39-46)54-45(48)38-36-34-32-30-28-26-23-18-16-14-12-10-8-6-4-2/h6,8,11-14,17-19,23,43H,3-5,7,9-10,15-16,20-22,24-42,46H2,1-2H3,(H,49,50)/b8-6+,13-11+,14-12+,19-17+,23-18+/t43-/m1/s1. The van der Waals surface area contributed by atoms with Crippen molar-refractivity contribution in [2.45, 2.75) is 187 Å². The molecule has 0 aromatic carbocycles. The van der Waals surface area contributed by atoms with Gasteiger partial charge in [-0.2, -0.15) is 0 Å². The second kappa shape index (κ2) is 41.3. The van der Waals surface area contributed by atoms with Gasteiger partial charge in [0.05, 0.1) is 13.2 Å². The van der Waals surface area contributed by atoms with Crippen LogP contribution in [0.1, 0.15) is 181 Å². The van der Waals surface area contributed by atoms with Gasteiger partial charge in [0.15, 0.2) is 6.10 Å². The third-order valence-corrected chi connectivity index (χ3v) is 9.87. The number of unbranched alkanes of at least 4 members (excludes halogenated alkanes) is 17. The Morgan fingerprint density at radius 1 is 0.564 bits per heavy atom. The summed E-state index contributed by atoms with van der Waals surface area (Å²) in [5.41, 5.74) is 5.34. The van der Waals surface area contributed by atoms with E-state index in [0.717, 1.165) is 89.9 Å². The van der Waals surface area contributed by atoms with E-state index in [0.29, 0.717) is 6.42 Å². The first-order valence-electron chi connectivity index (χ1n) is 21.8. The molecule has 0 aliphatic heterocycles. The molecule has 0 saturated heterocycles. The summed E-state index contributed by atoms with van der Waals surface area (Å²) in [7, 11) is -4.38. The molecule has 0 radical (unpaired) electrons. The molecule has 1 unspecified atom stereocenters. The lowest BCUT2D eigenvalue weighted by atomic mass is 10.1. The van der Waals surface area contributed by atoms with E-state index in [-0.39, 0.29) is 32.6 Å². The van der Waals surface area contributed by atoms with Crippen molar-refractivity contribution in [3.05, 3.63) is 60.8 Å². The van der Waals surface area contributed by atoms with Crippen LogP contribution in [0.25, 0.3) is 0 Å². The topological polar surface area (TPSA) is 134 Å². The van der Waals surface area contributed by atoms with E-state index in [2.05, 4.69) is 74.6 Å². The Labute approximate surface area is 336 Å². The zero-order valence-electron chi connectivity index (χ0n) is 34.9. The Kier molecular flexibility index (Phi) is 39.6. The first kappa shape index (κ1) is 52.7. The van der Waals surface area contributed by atoms with E-state index in [4.69, 9.17) is 24.3 Å². The molecule has 0 aliphatic carbocycles. The van der Waals surface area contributed by atoms with E-state index >= 15 is 0 Å². The molecule has 0 amide bonds. The van der Waals surface area contributed by atoms with Gasteiger partial charge in [-0.3, -0.25) is 18.6 Å². The summed E-state index contributed by atoms with van der Waals surface area (Å²) in [6, 6.07) is 0. The number of nitrogens with two attached hydrogens (primary N) is 1. The third-order valence-electron chi connectivity index (χ3n) is 8.89. The Morgan fingerprint density at radius 3 is 1.49 bits per heavy atom. The van der Waals surface area contributed by atoms with E-state index in [1.54, 1.807) is 0 Å². The van der Waals surface area contributed by atoms with Gasteiger partial charge in [-0.1, -0.05) is 152 Å². The second-order valence-electron chi connectivity index (χ2n) is 14.2. The molecule has 0 rings (SSSR count). The number of phosphoric ester groups is 1. The Balaban J connectivity index is 4.17. The molecule has 0 fully saturated rings. The molecule has 9 nitrogen and oxygen atoms in total. The molecule has 0 aliphatic rings. The lowest BCUT2D eigenvalue weighted by Gasteiger charge is -2.19. The summed E-state index contributed by atoms with van der Waals surface area (Å²) in [6.45, 7) is 3.56. The average Bonchev–Trinajstić information content (AvgIpc) is 3.17. The molecule has 0 bridgehead atoms. The van der Waals surface area contributed by atoms with Gasteiger partial charge in [-0.15, -0.1) is 0 Å². The maximum absolute atomic E-state index is 12.6. The first-order chi connectivity index (χ1) is 26.8. The van der Waals surface area contributed by atoms with Crippen molar-refractivity contribution < 1.29 is 37.6 Å². The van der Waals surface area contributed by atoms with Crippen LogP contribution in [0.3, 0.4) is 0 Å². The molecule has 0 aromatic rings. The number of phosphoric acid groups is 1. The number of hydrogen-bond donors (Lipinski definition) is 2. The van der Waals surface area contributed by atoms with Crippen molar-refractivity contribution in [2.75, 3.05) is 26.4 Å². The number of hydrogen-bond acceptors (Lipinski definition) is 8. The van der Waals surface area contributed by atoms with Crippen LogP contribution in [0.4, 0.5) is 0 Å². The van der Waals surface area contributed by atoms with Gasteiger partial charge in [-0.05, 0) is 77.0 Å². The highest BCUT2D eigenvalue weighted by Gasteiger charge is 2.26. The quantitative estimate of drug-likeness (QED) is 0.0269. The van der Waals surface area contributed by atoms with Crippen molar-refractivity contribution in [1.29, 1.82) is 0 Å². The predicted molar refractivity (Wildman–Crippen MR) is 229 cm³/mol. The van der Waals surface area contributed by atoms with Crippen LogP contribution in [0, 0.1) is 0 Å². The van der Waals surface area contributed by atoms with E-state index in [9.17, 15) is 19.0 Å². The SMILES string of the molecule is CC/C=C/C/C=C/C/C=C/CCCCCCCC(=O)O[C@H](COC(=O)CCCCCCCCCCC/C=C/C/C=C/CCCCC)COP(=O)(O)OCCN. The van der Waals surface area contributed by atoms with Crippen LogP contribution in [0.15, 0.2) is 60.8 Å². The van der Waals surface area contributed by atoms with Gasteiger partial charge in [-0.25, -0.2) is 4.57 Å². The fraction of sp³-hybridized carbons (Fsp3) is 0.733. The molecule has 318 valence electrons. The maximum Gasteiger partial charge on any atom is 0.472 e. The van der Waals surface area contributed by atoms with Crippen LogP contribution in [-0.4, -0.2) is 49.3 Å². The third kappa shape index (κ3) is 41.2. The van der Waals surface area contributed by atoms with E-state index < -0.39 is 32.5 Å². The van der Waals surface area contributed by atoms with Gasteiger partial charge >= 0.3 is 19.8 Å². The molecule has 0 heterocycles. The minimum absolute atomic E-state index is 0.0472. The Hall–Kier alpha value is -2.29. The van der Waals surface area contributed by atoms with Gasteiger partial charge in [0.1, 0.15) is 6.61 Å². The van der Waals surface area contributed by atoms with Crippen molar-refractivity contribution in [1.82, 2.24) is 0 Å². The fourth-order valence-electron chi connectivity index (χ4n) is 5.68. The average molecular weight is 794 g/mol. The second-order valence-corrected chi connectivity index (χ2v) is 15.6. The minimum atomic E-state index is -4.38. The molecule has 0 spiro atoms. The highest BCUT2D eigenvalue weighted by Crippen LogP contribution is 2.43. The summed E-state index contributed by atoms with van der Waals surface area (Å²) in [6.07, 6.45) is 48.2. The predicted octanol–water partition coefficient (Wildman–Crippen LogP) is 12.5. The Morgan fingerprint density at radius 2 is 1.00 bits per heavy atom. The van der Waals surface area contributed by atoms with Crippen LogP contribution in [-0.2, 0) is 32.7 Å². The highest BCUT2D eigenvalue weighted by atomic mass is 31.2. The lowest BCUT2D eigenvalue weighted by Crippen LogP contribution is -2.29. The number of carbonyl (C=O) groups excluding carboxylic acids is 2. The number of esters is 2. The largest absolute Gasteiger partial charge is 0.472 e. The zero-order chi connectivity index (χ0) is 40.3. The highest BCUT2D eigenvalue weighted by molar-refractivity contribution is 7.47. The molecular formula is C45H80NO8P. The molecule has 3 N–H and O–H groups in total. The van der Waals surface area contributed by atoms with E-state index in [1.807, 2.05) is 0 Å². The minimum Gasteiger partial charge on any atom is -0.462 e. The monoisotopic (exact) mass is 794 g/mol. The molecule has 0 saturated carbocycles.